The number of carbonyl (C=O) groups excluding carboxylic acids is 2. The van der Waals surface area contributed by atoms with Gasteiger partial charge in [0.15, 0.2) is 0 Å². The Hall–Kier alpha value is -1.36. The van der Waals surface area contributed by atoms with Gasteiger partial charge in [-0.2, -0.15) is 0 Å². The van der Waals surface area contributed by atoms with E-state index in [2.05, 4.69) is 16.1 Å². The zero-order valence-corrected chi connectivity index (χ0v) is 8.37. The molecule has 0 atom stereocenters. The van der Waals surface area contributed by atoms with Crippen LogP contribution in [0.3, 0.4) is 0 Å². The number of rotatable bonds is 6. The Morgan fingerprint density at radius 2 is 1.93 bits per heavy atom. The van der Waals surface area contributed by atoms with Gasteiger partial charge in [0.2, 0.25) is 5.76 Å². The monoisotopic (exact) mass is 202 g/mol. The lowest BCUT2D eigenvalue weighted by atomic mass is 10.5. The van der Waals surface area contributed by atoms with Gasteiger partial charge in [0.05, 0.1) is 6.61 Å². The third-order valence-corrected chi connectivity index (χ3v) is 1.16. The quantitative estimate of drug-likeness (QED) is 0.274. The Bertz CT molecular complexity index is 221. The third-order valence-electron chi connectivity index (χ3n) is 1.16. The predicted molar refractivity (Wildman–Crippen MR) is 48.4 cm³/mol. The first-order valence-electron chi connectivity index (χ1n) is 4.20. The highest BCUT2D eigenvalue weighted by molar-refractivity contribution is 5.88. The smallest absolute Gasteiger partial charge is 0.373 e. The predicted octanol–water partition coefficient (Wildman–Crippen LogP) is 0.643. The van der Waals surface area contributed by atoms with Crippen LogP contribution < -0.4 is 0 Å². The molecule has 0 heterocycles. The Labute approximate surface area is 82.6 Å². The maximum atomic E-state index is 11.0. The number of carbonyl (C=O) groups is 2. The van der Waals surface area contributed by atoms with Crippen molar-refractivity contribution in [1.82, 2.24) is 0 Å². The molecule has 0 aliphatic rings. The van der Waals surface area contributed by atoms with Crippen molar-refractivity contribution in [1.29, 1.82) is 0 Å². The normalized spacial score (nSPS) is 9.29. The second-order valence-electron chi connectivity index (χ2n) is 2.35. The van der Waals surface area contributed by atoms with Crippen LogP contribution >= 0.6 is 0 Å². The van der Waals surface area contributed by atoms with E-state index in [0.717, 1.165) is 0 Å². The molecule has 0 aliphatic carbocycles. The topological polar surface area (TPSA) is 61.8 Å². The summed E-state index contributed by atoms with van der Waals surface area (Å²) in [6.45, 7) is 7.24. The summed E-state index contributed by atoms with van der Waals surface area (Å²) in [7, 11) is 0. The molecule has 0 aromatic rings. The largest absolute Gasteiger partial charge is 0.457 e. The average molecular weight is 202 g/mol. The summed E-state index contributed by atoms with van der Waals surface area (Å²) in [5.74, 6) is -1.66. The van der Waals surface area contributed by atoms with Gasteiger partial charge < -0.3 is 14.2 Å². The summed E-state index contributed by atoms with van der Waals surface area (Å²) >= 11 is 0. The molecule has 0 bridgehead atoms. The highest BCUT2D eigenvalue weighted by Crippen LogP contribution is 1.97. The molecule has 0 aromatic heterocycles. The van der Waals surface area contributed by atoms with E-state index in [9.17, 15) is 9.59 Å². The number of esters is 2. The molecular formula is C9H14O5. The van der Waals surface area contributed by atoms with Gasteiger partial charge in [-0.15, -0.1) is 0 Å². The van der Waals surface area contributed by atoms with Crippen molar-refractivity contribution in [2.75, 3.05) is 19.8 Å². The molecule has 80 valence electrons. The molecule has 0 saturated carbocycles. The average Bonchev–Trinajstić information content (AvgIpc) is 2.11. The molecular weight excluding hydrogens is 188 g/mol. The second kappa shape index (κ2) is 7.08. The SMILES string of the molecule is C=C(OC(C)=O)C(=O)OCCOCC. The van der Waals surface area contributed by atoms with Crippen LogP contribution in [0.2, 0.25) is 0 Å². The van der Waals surface area contributed by atoms with Crippen LogP contribution in [0.1, 0.15) is 13.8 Å². The van der Waals surface area contributed by atoms with Crippen LogP contribution in [0.5, 0.6) is 0 Å². The zero-order chi connectivity index (χ0) is 11.0. The van der Waals surface area contributed by atoms with Gasteiger partial charge in [-0.25, -0.2) is 4.79 Å². The van der Waals surface area contributed by atoms with E-state index in [1.807, 2.05) is 6.92 Å². The van der Waals surface area contributed by atoms with Crippen molar-refractivity contribution in [3.8, 4) is 0 Å². The first-order valence-corrected chi connectivity index (χ1v) is 4.20. The van der Waals surface area contributed by atoms with E-state index in [1.165, 1.54) is 6.92 Å². The summed E-state index contributed by atoms with van der Waals surface area (Å²) in [5, 5.41) is 0. The molecule has 14 heavy (non-hydrogen) atoms. The van der Waals surface area contributed by atoms with E-state index < -0.39 is 11.9 Å². The molecule has 0 radical (unpaired) electrons. The molecule has 0 amide bonds. The van der Waals surface area contributed by atoms with Crippen molar-refractivity contribution in [2.45, 2.75) is 13.8 Å². The Balaban J connectivity index is 3.63. The van der Waals surface area contributed by atoms with Crippen LogP contribution in [0.15, 0.2) is 12.3 Å². The van der Waals surface area contributed by atoms with Gasteiger partial charge in [0.1, 0.15) is 6.61 Å². The van der Waals surface area contributed by atoms with Gasteiger partial charge in [-0.05, 0) is 13.5 Å². The molecule has 0 aliphatic heterocycles. The maximum absolute atomic E-state index is 11.0. The fraction of sp³-hybridized carbons (Fsp3) is 0.556. The molecule has 0 unspecified atom stereocenters. The second-order valence-corrected chi connectivity index (χ2v) is 2.35. The molecule has 0 N–H and O–H groups in total. The van der Waals surface area contributed by atoms with Gasteiger partial charge in [-0.1, -0.05) is 0 Å². The molecule has 5 heteroatoms. The lowest BCUT2D eigenvalue weighted by Crippen LogP contribution is -2.15. The van der Waals surface area contributed by atoms with Gasteiger partial charge in [0, 0.05) is 13.5 Å². The van der Waals surface area contributed by atoms with Gasteiger partial charge in [0.25, 0.3) is 0 Å². The number of hydrogen-bond donors (Lipinski definition) is 0. The van der Waals surface area contributed by atoms with Gasteiger partial charge >= 0.3 is 11.9 Å². The van der Waals surface area contributed by atoms with E-state index in [1.54, 1.807) is 0 Å². The van der Waals surface area contributed by atoms with E-state index in [0.29, 0.717) is 13.2 Å². The molecule has 5 nitrogen and oxygen atoms in total. The lowest BCUT2D eigenvalue weighted by molar-refractivity contribution is -0.151. The highest BCUT2D eigenvalue weighted by atomic mass is 16.6. The minimum absolute atomic E-state index is 0.118. The first kappa shape index (κ1) is 12.6. The van der Waals surface area contributed by atoms with Crippen LogP contribution in [0.4, 0.5) is 0 Å². The minimum atomic E-state index is -0.750. The molecule has 0 fully saturated rings. The molecule has 0 aromatic carbocycles. The van der Waals surface area contributed by atoms with Crippen LogP contribution in [0, 0.1) is 0 Å². The fourth-order valence-electron chi connectivity index (χ4n) is 0.633. The van der Waals surface area contributed by atoms with E-state index in [-0.39, 0.29) is 12.4 Å². The Kier molecular flexibility index (Phi) is 6.39. The van der Waals surface area contributed by atoms with Gasteiger partial charge in [-0.3, -0.25) is 4.79 Å². The first-order chi connectivity index (χ1) is 6.57. The summed E-state index contributed by atoms with van der Waals surface area (Å²) < 4.78 is 14.0. The van der Waals surface area contributed by atoms with Crippen molar-refractivity contribution >= 4 is 11.9 Å². The zero-order valence-electron chi connectivity index (χ0n) is 8.37. The summed E-state index contributed by atoms with van der Waals surface area (Å²) in [6, 6.07) is 0. The third kappa shape index (κ3) is 6.19. The van der Waals surface area contributed by atoms with Crippen LogP contribution in [-0.2, 0) is 23.8 Å². The standard InChI is InChI=1S/C9H14O5/c1-4-12-5-6-13-9(11)7(2)14-8(3)10/h2,4-6H2,1,3H3. The van der Waals surface area contributed by atoms with Crippen molar-refractivity contribution < 1.29 is 23.8 Å². The van der Waals surface area contributed by atoms with Crippen LogP contribution in [0.25, 0.3) is 0 Å². The highest BCUT2D eigenvalue weighted by Gasteiger charge is 2.11. The number of ether oxygens (including phenoxy) is 3. The molecule has 0 saturated heterocycles. The summed E-state index contributed by atoms with van der Waals surface area (Å²) in [6.07, 6.45) is 0. The van der Waals surface area contributed by atoms with E-state index >= 15 is 0 Å². The summed E-state index contributed by atoms with van der Waals surface area (Å²) in [5.41, 5.74) is 0. The molecule has 0 rings (SSSR count). The van der Waals surface area contributed by atoms with Crippen molar-refractivity contribution in [3.63, 3.8) is 0 Å². The van der Waals surface area contributed by atoms with Crippen molar-refractivity contribution in [3.05, 3.63) is 12.3 Å². The minimum Gasteiger partial charge on any atom is -0.457 e. The molecule has 0 spiro atoms. The maximum Gasteiger partial charge on any atom is 0.373 e. The van der Waals surface area contributed by atoms with Crippen LogP contribution in [-0.4, -0.2) is 31.8 Å². The lowest BCUT2D eigenvalue weighted by Gasteiger charge is -2.05. The fourth-order valence-corrected chi connectivity index (χ4v) is 0.633. The number of hydrogen-bond acceptors (Lipinski definition) is 5. The van der Waals surface area contributed by atoms with E-state index in [4.69, 9.17) is 4.74 Å². The Morgan fingerprint density at radius 3 is 2.43 bits per heavy atom. The summed E-state index contributed by atoms with van der Waals surface area (Å²) in [4.78, 5) is 21.4. The Morgan fingerprint density at radius 1 is 1.29 bits per heavy atom. The van der Waals surface area contributed by atoms with Crippen molar-refractivity contribution in [2.24, 2.45) is 0 Å².